The van der Waals surface area contributed by atoms with E-state index >= 15 is 0 Å². The Kier molecular flexibility index (Phi) is 7.81. The van der Waals surface area contributed by atoms with Gasteiger partial charge in [-0.15, -0.1) is 0 Å². The van der Waals surface area contributed by atoms with Gasteiger partial charge in [0.1, 0.15) is 22.9 Å². The maximum Gasteiger partial charge on any atom is 0.410 e. The maximum atomic E-state index is 13.1. The zero-order chi connectivity index (χ0) is 30.1. The van der Waals surface area contributed by atoms with Gasteiger partial charge in [-0.1, -0.05) is 24.3 Å². The van der Waals surface area contributed by atoms with Crippen LogP contribution in [-0.4, -0.2) is 74.5 Å². The molecule has 0 unspecified atom stereocenters. The van der Waals surface area contributed by atoms with Crippen molar-refractivity contribution in [3.05, 3.63) is 60.3 Å². The molecule has 2 amide bonds. The van der Waals surface area contributed by atoms with Gasteiger partial charge in [-0.3, -0.25) is 4.79 Å². The van der Waals surface area contributed by atoms with Crippen LogP contribution in [0.1, 0.15) is 56.6 Å². The topological polar surface area (TPSA) is 166 Å². The van der Waals surface area contributed by atoms with E-state index in [9.17, 15) is 9.59 Å². The summed E-state index contributed by atoms with van der Waals surface area (Å²) < 4.78 is 5.46. The normalized spacial score (nSPS) is 17.5. The molecule has 12 heteroatoms. The molecule has 2 fully saturated rings. The van der Waals surface area contributed by atoms with Crippen molar-refractivity contribution in [2.75, 3.05) is 36.8 Å². The molecule has 1 saturated carbocycles. The number of nitrogen functional groups attached to an aromatic ring is 1. The van der Waals surface area contributed by atoms with Gasteiger partial charge in [0.05, 0.1) is 17.8 Å². The molecule has 42 heavy (non-hydrogen) atoms. The Morgan fingerprint density at radius 2 is 1.52 bits per heavy atom. The smallest absolute Gasteiger partial charge is 0.410 e. The van der Waals surface area contributed by atoms with Crippen molar-refractivity contribution in [2.45, 2.75) is 51.6 Å². The molecule has 2 aromatic heterocycles. The minimum atomic E-state index is -0.604. The Balaban J connectivity index is 1.25. The van der Waals surface area contributed by atoms with Gasteiger partial charge in [0.25, 0.3) is 5.91 Å². The summed E-state index contributed by atoms with van der Waals surface area (Å²) in [7, 11) is 0. The van der Waals surface area contributed by atoms with E-state index in [1.165, 1.54) is 6.20 Å². The molecule has 1 aliphatic heterocycles. The number of hydrogen-bond donors (Lipinski definition) is 2. The molecule has 4 N–H and O–H groups in total. The van der Waals surface area contributed by atoms with Crippen LogP contribution in [0, 0.1) is 5.92 Å². The first kappa shape index (κ1) is 28.9. The van der Waals surface area contributed by atoms with Crippen LogP contribution < -0.4 is 16.4 Å². The SMILES string of the molecule is CC(C)(C)OC(=O)N1CCN(c2cnc(C(=O)N=C(N)[C@](C)(c3ccc(-c4cnc(N)nc4)cc3)C3CC3)cn2)CC1. The summed E-state index contributed by atoms with van der Waals surface area (Å²) in [6.45, 7) is 9.75. The molecule has 2 aliphatic rings. The van der Waals surface area contributed by atoms with Crippen LogP contribution in [0.15, 0.2) is 54.0 Å². The number of rotatable bonds is 6. The van der Waals surface area contributed by atoms with Crippen LogP contribution in [-0.2, 0) is 10.2 Å². The third-order valence-corrected chi connectivity index (χ3v) is 7.75. The van der Waals surface area contributed by atoms with Crippen molar-refractivity contribution in [2.24, 2.45) is 16.6 Å². The van der Waals surface area contributed by atoms with Crippen molar-refractivity contribution >= 4 is 29.6 Å². The lowest BCUT2D eigenvalue weighted by atomic mass is 9.76. The zero-order valence-corrected chi connectivity index (χ0v) is 24.4. The van der Waals surface area contributed by atoms with Crippen molar-refractivity contribution in [1.82, 2.24) is 24.8 Å². The van der Waals surface area contributed by atoms with E-state index < -0.39 is 16.9 Å². The van der Waals surface area contributed by atoms with Crippen LogP contribution >= 0.6 is 0 Å². The van der Waals surface area contributed by atoms with E-state index in [1.54, 1.807) is 23.5 Å². The minimum Gasteiger partial charge on any atom is -0.444 e. The second-order valence-corrected chi connectivity index (χ2v) is 11.9. The van der Waals surface area contributed by atoms with Gasteiger partial charge in [-0.05, 0) is 57.6 Å². The van der Waals surface area contributed by atoms with Crippen molar-refractivity contribution < 1.29 is 14.3 Å². The number of anilines is 2. The molecule has 1 aliphatic carbocycles. The molecule has 0 bridgehead atoms. The molecule has 0 radical (unpaired) electrons. The van der Waals surface area contributed by atoms with E-state index in [4.69, 9.17) is 16.2 Å². The fourth-order valence-electron chi connectivity index (χ4n) is 5.07. The van der Waals surface area contributed by atoms with E-state index in [0.717, 1.165) is 29.5 Å². The standard InChI is InChI=1S/C30H37N9O3/c1-29(2,3)42-28(41)39-13-11-38(12-14-39)24-18-33-23(17-34-24)25(40)37-26(31)30(4,22-9-10-22)21-7-5-19(6-8-21)20-15-35-27(32)36-16-20/h5-8,15-18,22H,9-14H2,1-4H3,(H2,31,37,40)(H2,32,35,36)/t30-/m1/s1. The number of carbonyl (C=O) groups excluding carboxylic acids is 2. The zero-order valence-electron chi connectivity index (χ0n) is 24.4. The summed E-state index contributed by atoms with van der Waals surface area (Å²) >= 11 is 0. The molecule has 1 saturated heterocycles. The lowest BCUT2D eigenvalue weighted by Gasteiger charge is -2.36. The van der Waals surface area contributed by atoms with Crippen molar-refractivity contribution in [3.8, 4) is 11.1 Å². The van der Waals surface area contributed by atoms with Crippen LogP contribution in [0.25, 0.3) is 11.1 Å². The van der Waals surface area contributed by atoms with Crippen LogP contribution in [0.2, 0.25) is 0 Å². The van der Waals surface area contributed by atoms with E-state index in [0.29, 0.717) is 32.0 Å². The number of amides is 2. The number of hydrogen-bond acceptors (Lipinski definition) is 9. The number of amidine groups is 1. The summed E-state index contributed by atoms with van der Waals surface area (Å²) in [5.74, 6) is 0.851. The van der Waals surface area contributed by atoms with Crippen molar-refractivity contribution in [3.63, 3.8) is 0 Å². The second kappa shape index (κ2) is 11.3. The molecule has 3 aromatic rings. The van der Waals surface area contributed by atoms with Gasteiger partial charge in [0, 0.05) is 44.1 Å². The lowest BCUT2D eigenvalue weighted by molar-refractivity contribution is 0.0240. The summed E-state index contributed by atoms with van der Waals surface area (Å²) in [6.07, 6.45) is 8.03. The average molecular weight is 572 g/mol. The summed E-state index contributed by atoms with van der Waals surface area (Å²) in [4.78, 5) is 50.3. The summed E-state index contributed by atoms with van der Waals surface area (Å²) in [5, 5.41) is 0. The predicted octanol–water partition coefficient (Wildman–Crippen LogP) is 3.44. The minimum absolute atomic E-state index is 0.117. The molecule has 3 heterocycles. The number of aliphatic imine (C=N–C) groups is 1. The van der Waals surface area contributed by atoms with Gasteiger partial charge in [0.2, 0.25) is 5.95 Å². The Morgan fingerprint density at radius 1 is 0.881 bits per heavy atom. The number of nitrogens with zero attached hydrogens (tertiary/aromatic N) is 7. The van der Waals surface area contributed by atoms with E-state index in [2.05, 4.69) is 24.9 Å². The molecule has 12 nitrogen and oxygen atoms in total. The fourth-order valence-corrected chi connectivity index (χ4v) is 5.07. The molecule has 5 rings (SSSR count). The monoisotopic (exact) mass is 571 g/mol. The number of nitrogens with two attached hydrogens (primary N) is 2. The lowest BCUT2D eigenvalue weighted by Crippen LogP contribution is -2.50. The first-order valence-corrected chi connectivity index (χ1v) is 14.1. The Bertz CT molecular complexity index is 1460. The van der Waals surface area contributed by atoms with Gasteiger partial charge < -0.3 is 26.0 Å². The van der Waals surface area contributed by atoms with Crippen LogP contribution in [0.3, 0.4) is 0 Å². The van der Waals surface area contributed by atoms with Crippen LogP contribution in [0.4, 0.5) is 16.6 Å². The molecule has 1 aromatic carbocycles. The molecule has 0 spiro atoms. The summed E-state index contributed by atoms with van der Waals surface area (Å²) in [5.41, 5.74) is 13.9. The number of piperazine rings is 1. The first-order valence-electron chi connectivity index (χ1n) is 14.1. The number of benzene rings is 1. The summed E-state index contributed by atoms with van der Waals surface area (Å²) in [6, 6.07) is 7.98. The van der Waals surface area contributed by atoms with Crippen molar-refractivity contribution in [1.29, 1.82) is 0 Å². The van der Waals surface area contributed by atoms with Gasteiger partial charge in [-0.2, -0.15) is 4.99 Å². The van der Waals surface area contributed by atoms with Gasteiger partial charge >= 0.3 is 6.09 Å². The van der Waals surface area contributed by atoms with E-state index in [-0.39, 0.29) is 29.5 Å². The highest BCUT2D eigenvalue weighted by Crippen LogP contribution is 2.47. The maximum absolute atomic E-state index is 13.1. The largest absolute Gasteiger partial charge is 0.444 e. The van der Waals surface area contributed by atoms with Gasteiger partial charge in [0.15, 0.2) is 0 Å². The quantitative estimate of drug-likeness (QED) is 0.330. The highest BCUT2D eigenvalue weighted by Gasteiger charge is 2.46. The van der Waals surface area contributed by atoms with Gasteiger partial charge in [-0.25, -0.2) is 24.7 Å². The van der Waals surface area contributed by atoms with Crippen LogP contribution in [0.5, 0.6) is 0 Å². The molecule has 1 atom stereocenters. The predicted molar refractivity (Wildman–Crippen MR) is 160 cm³/mol. The Hall–Kier alpha value is -4.61. The highest BCUT2D eigenvalue weighted by atomic mass is 16.6. The number of ether oxygens (including phenoxy) is 1. The first-order chi connectivity index (χ1) is 19.9. The Morgan fingerprint density at radius 3 is 2.07 bits per heavy atom. The molecular weight excluding hydrogens is 534 g/mol. The molecule has 220 valence electrons. The second-order valence-electron chi connectivity index (χ2n) is 11.9. The number of carbonyl (C=O) groups is 2. The third-order valence-electron chi connectivity index (χ3n) is 7.75. The number of aromatic nitrogens is 4. The fraction of sp³-hybridized carbons (Fsp3) is 0.433. The third kappa shape index (κ3) is 6.32. The Labute approximate surface area is 245 Å². The van der Waals surface area contributed by atoms with E-state index in [1.807, 2.05) is 56.9 Å². The average Bonchev–Trinajstić information content (AvgIpc) is 3.83. The highest BCUT2D eigenvalue weighted by molar-refractivity contribution is 6.05. The molecular formula is C30H37N9O3.